The molecule has 2 aromatic rings. The highest BCUT2D eigenvalue weighted by molar-refractivity contribution is 5.88. The first-order valence-electron chi connectivity index (χ1n) is 8.50. The van der Waals surface area contributed by atoms with Gasteiger partial charge in [-0.15, -0.1) is 0 Å². The molecule has 1 amide bonds. The fourth-order valence-corrected chi connectivity index (χ4v) is 2.87. The van der Waals surface area contributed by atoms with Crippen molar-refractivity contribution in [3.05, 3.63) is 42.5 Å². The highest BCUT2D eigenvalue weighted by atomic mass is 16.5. The Morgan fingerprint density at radius 1 is 1.12 bits per heavy atom. The monoisotopic (exact) mass is 328 g/mol. The highest BCUT2D eigenvalue weighted by Crippen LogP contribution is 2.24. The second-order valence-corrected chi connectivity index (χ2v) is 5.92. The van der Waals surface area contributed by atoms with Crippen molar-refractivity contribution in [3.63, 3.8) is 0 Å². The van der Waals surface area contributed by atoms with E-state index < -0.39 is 0 Å². The van der Waals surface area contributed by atoms with Gasteiger partial charge in [-0.3, -0.25) is 9.69 Å². The number of morpholine rings is 1. The molecule has 0 bridgehead atoms. The van der Waals surface area contributed by atoms with E-state index in [9.17, 15) is 4.79 Å². The first-order valence-corrected chi connectivity index (χ1v) is 8.50. The van der Waals surface area contributed by atoms with Gasteiger partial charge < -0.3 is 14.8 Å². The summed E-state index contributed by atoms with van der Waals surface area (Å²) in [6.45, 7) is 5.31. The fourth-order valence-electron chi connectivity index (χ4n) is 2.87. The quantitative estimate of drug-likeness (QED) is 0.791. The van der Waals surface area contributed by atoms with Gasteiger partial charge in [0.25, 0.3) is 5.91 Å². The van der Waals surface area contributed by atoms with Crippen LogP contribution in [0.3, 0.4) is 0 Å². The lowest BCUT2D eigenvalue weighted by Crippen LogP contribution is -2.38. The maximum Gasteiger partial charge on any atom is 0.257 e. The van der Waals surface area contributed by atoms with Crippen molar-refractivity contribution < 1.29 is 14.3 Å². The van der Waals surface area contributed by atoms with Crippen LogP contribution in [0.25, 0.3) is 10.8 Å². The molecule has 0 saturated carbocycles. The summed E-state index contributed by atoms with van der Waals surface area (Å²) < 4.78 is 11.0. The van der Waals surface area contributed by atoms with Gasteiger partial charge in [0, 0.05) is 25.0 Å². The number of carbonyl (C=O) groups excluding carboxylic acids is 1. The topological polar surface area (TPSA) is 50.8 Å². The van der Waals surface area contributed by atoms with Crippen molar-refractivity contribution in [1.29, 1.82) is 0 Å². The van der Waals surface area contributed by atoms with Gasteiger partial charge in [0.1, 0.15) is 5.75 Å². The van der Waals surface area contributed by atoms with Crippen LogP contribution < -0.4 is 10.1 Å². The maximum absolute atomic E-state index is 11.9. The molecule has 0 aromatic heterocycles. The smallest absolute Gasteiger partial charge is 0.257 e. The molecule has 5 nitrogen and oxygen atoms in total. The molecule has 3 rings (SSSR count). The number of fused-ring (bicyclic) bond motifs is 1. The largest absolute Gasteiger partial charge is 0.483 e. The molecule has 2 aromatic carbocycles. The lowest BCUT2D eigenvalue weighted by molar-refractivity contribution is -0.123. The third-order valence-corrected chi connectivity index (χ3v) is 4.19. The summed E-state index contributed by atoms with van der Waals surface area (Å²) in [5, 5.41) is 5.06. The van der Waals surface area contributed by atoms with Crippen LogP contribution in [0.15, 0.2) is 42.5 Å². The molecular weight excluding hydrogens is 304 g/mol. The maximum atomic E-state index is 11.9. The molecule has 1 aliphatic heterocycles. The van der Waals surface area contributed by atoms with Crippen LogP contribution in [0.1, 0.15) is 6.42 Å². The molecule has 1 N–H and O–H groups in total. The van der Waals surface area contributed by atoms with Gasteiger partial charge in [0.2, 0.25) is 0 Å². The van der Waals surface area contributed by atoms with Crippen molar-refractivity contribution in [3.8, 4) is 5.75 Å². The molecule has 1 fully saturated rings. The Hall–Kier alpha value is -2.11. The van der Waals surface area contributed by atoms with Crippen molar-refractivity contribution in [1.82, 2.24) is 10.2 Å². The van der Waals surface area contributed by atoms with Gasteiger partial charge >= 0.3 is 0 Å². The minimum atomic E-state index is -0.0788. The van der Waals surface area contributed by atoms with E-state index in [-0.39, 0.29) is 12.5 Å². The molecule has 0 spiro atoms. The summed E-state index contributed by atoms with van der Waals surface area (Å²) in [4.78, 5) is 14.3. The van der Waals surface area contributed by atoms with Crippen molar-refractivity contribution in [2.45, 2.75) is 6.42 Å². The lowest BCUT2D eigenvalue weighted by Gasteiger charge is -2.26. The van der Waals surface area contributed by atoms with Gasteiger partial charge in [-0.05, 0) is 24.4 Å². The summed E-state index contributed by atoms with van der Waals surface area (Å²) in [5.41, 5.74) is 0. The number of rotatable bonds is 7. The van der Waals surface area contributed by atoms with Gasteiger partial charge in [-0.1, -0.05) is 36.4 Å². The van der Waals surface area contributed by atoms with E-state index in [0.29, 0.717) is 6.54 Å². The minimum Gasteiger partial charge on any atom is -0.483 e. The third-order valence-electron chi connectivity index (χ3n) is 4.19. The van der Waals surface area contributed by atoms with E-state index in [0.717, 1.165) is 55.8 Å². The average molecular weight is 328 g/mol. The summed E-state index contributed by atoms with van der Waals surface area (Å²) in [6, 6.07) is 13.9. The predicted molar refractivity (Wildman–Crippen MR) is 94.3 cm³/mol. The van der Waals surface area contributed by atoms with E-state index in [1.807, 2.05) is 42.5 Å². The molecule has 1 aliphatic rings. The first kappa shape index (κ1) is 16.7. The highest BCUT2D eigenvalue weighted by Gasteiger charge is 2.10. The Morgan fingerprint density at radius 3 is 2.79 bits per heavy atom. The van der Waals surface area contributed by atoms with Crippen LogP contribution in [0.4, 0.5) is 0 Å². The van der Waals surface area contributed by atoms with Crippen LogP contribution in [0.2, 0.25) is 0 Å². The molecule has 0 atom stereocenters. The SMILES string of the molecule is O=C(COc1cccc2ccccc12)NCCCN1CCOCC1. The Labute approximate surface area is 142 Å². The molecule has 0 unspecified atom stereocenters. The zero-order valence-corrected chi connectivity index (χ0v) is 13.9. The second-order valence-electron chi connectivity index (χ2n) is 5.92. The fraction of sp³-hybridized carbons (Fsp3) is 0.421. The minimum absolute atomic E-state index is 0.0472. The Kier molecular flexibility index (Phi) is 6.04. The van der Waals surface area contributed by atoms with Gasteiger partial charge in [0.15, 0.2) is 6.61 Å². The molecule has 1 saturated heterocycles. The normalized spacial score (nSPS) is 15.3. The van der Waals surface area contributed by atoms with Crippen LogP contribution in [0.5, 0.6) is 5.75 Å². The molecule has 0 radical (unpaired) electrons. The zero-order valence-electron chi connectivity index (χ0n) is 13.9. The number of nitrogens with one attached hydrogen (secondary N) is 1. The number of benzene rings is 2. The number of nitrogens with zero attached hydrogens (tertiary/aromatic N) is 1. The van der Waals surface area contributed by atoms with Crippen molar-refractivity contribution in [2.75, 3.05) is 46.0 Å². The van der Waals surface area contributed by atoms with Crippen molar-refractivity contribution in [2.24, 2.45) is 0 Å². The Balaban J connectivity index is 1.39. The van der Waals surface area contributed by atoms with Gasteiger partial charge in [0.05, 0.1) is 13.2 Å². The number of hydrogen-bond donors (Lipinski definition) is 1. The average Bonchev–Trinajstić information content (AvgIpc) is 2.64. The predicted octanol–water partition coefficient (Wildman–Crippen LogP) is 2.06. The Bertz CT molecular complexity index is 663. The van der Waals surface area contributed by atoms with Crippen LogP contribution >= 0.6 is 0 Å². The van der Waals surface area contributed by atoms with E-state index in [1.165, 1.54) is 0 Å². The third kappa shape index (κ3) is 4.69. The lowest BCUT2D eigenvalue weighted by atomic mass is 10.1. The van der Waals surface area contributed by atoms with E-state index in [4.69, 9.17) is 9.47 Å². The van der Waals surface area contributed by atoms with E-state index in [2.05, 4.69) is 10.2 Å². The summed E-state index contributed by atoms with van der Waals surface area (Å²) in [5.74, 6) is 0.668. The van der Waals surface area contributed by atoms with Gasteiger partial charge in [-0.25, -0.2) is 0 Å². The molecular formula is C19H24N2O3. The first-order chi connectivity index (χ1) is 11.8. The summed E-state index contributed by atoms with van der Waals surface area (Å²) in [7, 11) is 0. The molecule has 0 aliphatic carbocycles. The van der Waals surface area contributed by atoms with Crippen LogP contribution in [-0.4, -0.2) is 56.8 Å². The standard InChI is InChI=1S/C19H24N2O3/c22-19(20-9-4-10-21-11-13-23-14-12-21)15-24-18-8-3-6-16-5-1-2-7-17(16)18/h1-3,5-8H,4,9-15H2,(H,20,22). The van der Waals surface area contributed by atoms with Crippen LogP contribution in [-0.2, 0) is 9.53 Å². The number of amides is 1. The molecule has 24 heavy (non-hydrogen) atoms. The number of ether oxygens (including phenoxy) is 2. The molecule has 128 valence electrons. The second kappa shape index (κ2) is 8.66. The number of hydrogen-bond acceptors (Lipinski definition) is 4. The van der Waals surface area contributed by atoms with E-state index >= 15 is 0 Å². The zero-order chi connectivity index (χ0) is 16.6. The number of carbonyl (C=O) groups is 1. The molecule has 1 heterocycles. The van der Waals surface area contributed by atoms with Gasteiger partial charge in [-0.2, -0.15) is 0 Å². The van der Waals surface area contributed by atoms with Crippen molar-refractivity contribution >= 4 is 16.7 Å². The Morgan fingerprint density at radius 2 is 1.92 bits per heavy atom. The van der Waals surface area contributed by atoms with E-state index in [1.54, 1.807) is 0 Å². The summed E-state index contributed by atoms with van der Waals surface area (Å²) >= 11 is 0. The molecule has 5 heteroatoms. The van der Waals surface area contributed by atoms with Crippen LogP contribution in [0, 0.1) is 0 Å². The summed E-state index contributed by atoms with van der Waals surface area (Å²) in [6.07, 6.45) is 0.944.